The van der Waals surface area contributed by atoms with Crippen LogP contribution in [0, 0.1) is 0 Å². The smallest absolute Gasteiger partial charge is 0.255 e. The Kier molecular flexibility index (Phi) is 7.05. The summed E-state index contributed by atoms with van der Waals surface area (Å²) < 4.78 is 31.4. The predicted octanol–water partition coefficient (Wildman–Crippen LogP) is 1.82. The van der Waals surface area contributed by atoms with Crippen molar-refractivity contribution in [3.8, 4) is 0 Å². The van der Waals surface area contributed by atoms with Crippen molar-refractivity contribution in [2.75, 3.05) is 30.9 Å². The summed E-state index contributed by atoms with van der Waals surface area (Å²) in [7, 11) is -2.17. The molecule has 0 spiro atoms. The zero-order chi connectivity index (χ0) is 19.9. The molecule has 27 heavy (non-hydrogen) atoms. The minimum Gasteiger partial charge on any atom is -0.383 e. The van der Waals surface area contributed by atoms with E-state index in [-0.39, 0.29) is 24.0 Å². The number of sulfonamides is 1. The summed E-state index contributed by atoms with van der Waals surface area (Å²) in [5.74, 6) is -0.611. The van der Waals surface area contributed by atoms with E-state index in [0.29, 0.717) is 16.9 Å². The normalized spacial score (nSPS) is 11.0. The number of hydrogen-bond acceptors (Lipinski definition) is 5. The molecule has 144 valence electrons. The molecule has 0 saturated carbocycles. The second-order valence-electron chi connectivity index (χ2n) is 5.63. The van der Waals surface area contributed by atoms with Gasteiger partial charge in [0.1, 0.15) is 0 Å². The van der Waals surface area contributed by atoms with Crippen molar-refractivity contribution in [2.24, 2.45) is 0 Å². The van der Waals surface area contributed by atoms with E-state index in [1.165, 1.54) is 38.3 Å². The van der Waals surface area contributed by atoms with Gasteiger partial charge >= 0.3 is 0 Å². The maximum absolute atomic E-state index is 12.3. The number of anilines is 2. The molecule has 0 aliphatic carbocycles. The number of carbonyl (C=O) groups excluding carboxylic acids is 2. The van der Waals surface area contributed by atoms with Crippen LogP contribution in [0.15, 0.2) is 53.4 Å². The SMILES string of the molecule is COCCNS(=O)(=O)c1ccc(C(=O)Nc2cccc(NC(C)=O)c2)cc1. The van der Waals surface area contributed by atoms with Crippen molar-refractivity contribution in [1.82, 2.24) is 4.72 Å². The summed E-state index contributed by atoms with van der Waals surface area (Å²) in [6, 6.07) is 12.3. The maximum atomic E-state index is 12.3. The van der Waals surface area contributed by atoms with Gasteiger partial charge in [-0.05, 0) is 42.5 Å². The highest BCUT2D eigenvalue weighted by atomic mass is 32.2. The molecular formula is C18H21N3O5S. The zero-order valence-corrected chi connectivity index (χ0v) is 15.8. The molecule has 2 aromatic rings. The van der Waals surface area contributed by atoms with Gasteiger partial charge in [0.15, 0.2) is 0 Å². The number of methoxy groups -OCH3 is 1. The van der Waals surface area contributed by atoms with E-state index in [2.05, 4.69) is 15.4 Å². The fourth-order valence-electron chi connectivity index (χ4n) is 2.23. The first kappa shape index (κ1) is 20.6. The molecule has 0 bridgehead atoms. The van der Waals surface area contributed by atoms with E-state index in [0.717, 1.165) is 0 Å². The van der Waals surface area contributed by atoms with Crippen LogP contribution < -0.4 is 15.4 Å². The van der Waals surface area contributed by atoms with Gasteiger partial charge in [-0.25, -0.2) is 13.1 Å². The molecule has 0 heterocycles. The van der Waals surface area contributed by atoms with E-state index < -0.39 is 15.9 Å². The second-order valence-corrected chi connectivity index (χ2v) is 7.40. The maximum Gasteiger partial charge on any atom is 0.255 e. The summed E-state index contributed by atoms with van der Waals surface area (Å²) in [5.41, 5.74) is 1.36. The lowest BCUT2D eigenvalue weighted by Crippen LogP contribution is -2.27. The molecule has 0 saturated heterocycles. The van der Waals surface area contributed by atoms with Gasteiger partial charge in [-0.2, -0.15) is 0 Å². The van der Waals surface area contributed by atoms with Crippen molar-refractivity contribution < 1.29 is 22.7 Å². The van der Waals surface area contributed by atoms with Crippen molar-refractivity contribution >= 4 is 33.2 Å². The Morgan fingerprint density at radius 2 is 1.63 bits per heavy atom. The van der Waals surface area contributed by atoms with Gasteiger partial charge < -0.3 is 15.4 Å². The van der Waals surface area contributed by atoms with Crippen LogP contribution >= 0.6 is 0 Å². The number of amides is 2. The van der Waals surface area contributed by atoms with Crippen LogP contribution in [0.25, 0.3) is 0 Å². The average Bonchev–Trinajstić information content (AvgIpc) is 2.61. The van der Waals surface area contributed by atoms with Gasteiger partial charge in [0.2, 0.25) is 15.9 Å². The zero-order valence-electron chi connectivity index (χ0n) is 15.0. The van der Waals surface area contributed by atoms with E-state index in [4.69, 9.17) is 4.74 Å². The van der Waals surface area contributed by atoms with Crippen molar-refractivity contribution in [1.29, 1.82) is 0 Å². The standard InChI is InChI=1S/C18H21N3O5S/c1-13(22)20-15-4-3-5-16(12-15)21-18(23)14-6-8-17(9-7-14)27(24,25)19-10-11-26-2/h3-9,12,19H,10-11H2,1-2H3,(H,20,22)(H,21,23). The molecule has 3 N–H and O–H groups in total. The first-order valence-corrected chi connectivity index (χ1v) is 9.58. The lowest BCUT2D eigenvalue weighted by Gasteiger charge is -2.09. The van der Waals surface area contributed by atoms with Crippen molar-refractivity contribution in [3.05, 3.63) is 54.1 Å². The van der Waals surface area contributed by atoms with Crippen LogP contribution in [-0.4, -0.2) is 40.5 Å². The van der Waals surface area contributed by atoms with Crippen LogP contribution in [0.5, 0.6) is 0 Å². The second kappa shape index (κ2) is 9.26. The molecule has 0 aromatic heterocycles. The number of hydrogen-bond donors (Lipinski definition) is 3. The fraction of sp³-hybridized carbons (Fsp3) is 0.222. The highest BCUT2D eigenvalue weighted by Gasteiger charge is 2.14. The molecular weight excluding hydrogens is 370 g/mol. The Bertz CT molecular complexity index is 911. The Morgan fingerprint density at radius 1 is 1.00 bits per heavy atom. The minimum absolute atomic E-state index is 0.0582. The largest absolute Gasteiger partial charge is 0.383 e. The van der Waals surface area contributed by atoms with E-state index in [1.54, 1.807) is 24.3 Å². The van der Waals surface area contributed by atoms with Gasteiger partial charge in [0.25, 0.3) is 5.91 Å². The van der Waals surface area contributed by atoms with Gasteiger partial charge in [-0.1, -0.05) is 6.07 Å². The van der Waals surface area contributed by atoms with Crippen molar-refractivity contribution in [3.63, 3.8) is 0 Å². The molecule has 0 aliphatic heterocycles. The third kappa shape index (κ3) is 6.17. The van der Waals surface area contributed by atoms with Crippen LogP contribution in [0.3, 0.4) is 0 Å². The summed E-state index contributed by atoms with van der Waals surface area (Å²) in [6.07, 6.45) is 0. The lowest BCUT2D eigenvalue weighted by molar-refractivity contribution is -0.114. The first-order chi connectivity index (χ1) is 12.8. The molecule has 2 rings (SSSR count). The molecule has 0 atom stereocenters. The highest BCUT2D eigenvalue weighted by Crippen LogP contribution is 2.17. The van der Waals surface area contributed by atoms with Gasteiger partial charge in [0, 0.05) is 37.5 Å². The molecule has 0 fully saturated rings. The summed E-state index contributed by atoms with van der Waals surface area (Å²) in [4.78, 5) is 23.5. The fourth-order valence-corrected chi connectivity index (χ4v) is 3.24. The van der Waals surface area contributed by atoms with E-state index in [9.17, 15) is 18.0 Å². The van der Waals surface area contributed by atoms with Crippen LogP contribution in [0.1, 0.15) is 17.3 Å². The van der Waals surface area contributed by atoms with Gasteiger partial charge in [0.05, 0.1) is 11.5 Å². The quantitative estimate of drug-likeness (QED) is 0.594. The molecule has 9 heteroatoms. The molecule has 0 unspecified atom stereocenters. The number of carbonyl (C=O) groups is 2. The number of benzene rings is 2. The average molecular weight is 391 g/mol. The molecule has 2 amide bonds. The molecule has 8 nitrogen and oxygen atoms in total. The van der Waals surface area contributed by atoms with E-state index in [1.807, 2.05) is 0 Å². The minimum atomic E-state index is -3.65. The third-order valence-corrected chi connectivity index (χ3v) is 4.94. The Hall–Kier alpha value is -2.75. The van der Waals surface area contributed by atoms with Crippen LogP contribution in [-0.2, 0) is 19.6 Å². The van der Waals surface area contributed by atoms with E-state index >= 15 is 0 Å². The van der Waals surface area contributed by atoms with Gasteiger partial charge in [-0.3, -0.25) is 9.59 Å². The Balaban J connectivity index is 2.06. The predicted molar refractivity (Wildman–Crippen MR) is 102 cm³/mol. The van der Waals surface area contributed by atoms with Gasteiger partial charge in [-0.15, -0.1) is 0 Å². The highest BCUT2D eigenvalue weighted by molar-refractivity contribution is 7.89. The number of rotatable bonds is 8. The van der Waals surface area contributed by atoms with Crippen LogP contribution in [0.4, 0.5) is 11.4 Å². The molecule has 0 radical (unpaired) electrons. The molecule has 2 aromatic carbocycles. The number of ether oxygens (including phenoxy) is 1. The number of nitrogens with one attached hydrogen (secondary N) is 3. The lowest BCUT2D eigenvalue weighted by atomic mass is 10.2. The third-order valence-electron chi connectivity index (χ3n) is 3.47. The Labute approximate surface area is 158 Å². The monoisotopic (exact) mass is 391 g/mol. The Morgan fingerprint density at radius 3 is 2.22 bits per heavy atom. The van der Waals surface area contributed by atoms with Crippen molar-refractivity contribution in [2.45, 2.75) is 11.8 Å². The van der Waals surface area contributed by atoms with Crippen LogP contribution in [0.2, 0.25) is 0 Å². The summed E-state index contributed by atoms with van der Waals surface area (Å²) >= 11 is 0. The summed E-state index contributed by atoms with van der Waals surface area (Å²) in [5, 5.41) is 5.33. The topological polar surface area (TPSA) is 114 Å². The molecule has 0 aliphatic rings. The summed E-state index contributed by atoms with van der Waals surface area (Å²) in [6.45, 7) is 1.81. The first-order valence-electron chi connectivity index (χ1n) is 8.09.